The lowest BCUT2D eigenvalue weighted by Crippen LogP contribution is -2.64. The minimum atomic E-state index is -1.69. The Morgan fingerprint density at radius 3 is 1.71 bits per heavy atom. The summed E-state index contributed by atoms with van der Waals surface area (Å²) in [6, 6.07) is 0. The van der Waals surface area contributed by atoms with Crippen LogP contribution < -0.4 is 0 Å². The fourth-order valence-corrected chi connectivity index (χ4v) is 4.31. The van der Waals surface area contributed by atoms with Crippen LogP contribution in [-0.2, 0) is 18.9 Å². The molecular formula is C23H44O11. The van der Waals surface area contributed by atoms with E-state index >= 15 is 0 Å². The maximum atomic E-state index is 10.6. The molecule has 2 saturated heterocycles. The molecule has 11 nitrogen and oxygen atoms in total. The van der Waals surface area contributed by atoms with Crippen molar-refractivity contribution in [2.24, 2.45) is 0 Å². The van der Waals surface area contributed by atoms with Crippen LogP contribution in [0, 0.1) is 0 Å². The normalized spacial score (nSPS) is 38.8. The van der Waals surface area contributed by atoms with E-state index in [1.165, 1.54) is 38.5 Å². The average molecular weight is 497 g/mol. The van der Waals surface area contributed by atoms with E-state index in [9.17, 15) is 35.7 Å². The van der Waals surface area contributed by atoms with Gasteiger partial charge < -0.3 is 54.7 Å². The van der Waals surface area contributed by atoms with Crippen LogP contribution in [-0.4, -0.2) is 117 Å². The summed E-state index contributed by atoms with van der Waals surface area (Å²) in [6.07, 6.45) is -3.99. The summed E-state index contributed by atoms with van der Waals surface area (Å²) >= 11 is 0. The van der Waals surface area contributed by atoms with Crippen molar-refractivity contribution in [2.45, 2.75) is 126 Å². The van der Waals surface area contributed by atoms with Crippen LogP contribution in [0.5, 0.6) is 0 Å². The van der Waals surface area contributed by atoms with Crippen molar-refractivity contribution in [3.8, 4) is 0 Å². The topological polar surface area (TPSA) is 179 Å². The predicted molar refractivity (Wildman–Crippen MR) is 120 cm³/mol. The summed E-state index contributed by atoms with van der Waals surface area (Å²) in [5.41, 5.74) is 0. The van der Waals surface area contributed by atoms with Gasteiger partial charge in [-0.15, -0.1) is 0 Å². The van der Waals surface area contributed by atoms with E-state index in [0.29, 0.717) is 6.61 Å². The lowest BCUT2D eigenvalue weighted by atomic mass is 9.97. The zero-order chi connectivity index (χ0) is 25.1. The largest absolute Gasteiger partial charge is 0.394 e. The van der Waals surface area contributed by atoms with E-state index in [2.05, 4.69) is 6.92 Å². The molecule has 0 bridgehead atoms. The van der Waals surface area contributed by atoms with Gasteiger partial charge in [0.1, 0.15) is 48.8 Å². The van der Waals surface area contributed by atoms with Crippen LogP contribution in [0.15, 0.2) is 0 Å². The molecule has 34 heavy (non-hydrogen) atoms. The predicted octanol–water partition coefficient (Wildman–Crippen LogP) is -0.842. The van der Waals surface area contributed by atoms with Gasteiger partial charge in [0.25, 0.3) is 0 Å². The number of hydrogen-bond donors (Lipinski definition) is 7. The van der Waals surface area contributed by atoms with E-state index in [1.54, 1.807) is 0 Å². The van der Waals surface area contributed by atoms with E-state index in [4.69, 9.17) is 18.9 Å². The highest BCUT2D eigenvalue weighted by Crippen LogP contribution is 2.29. The van der Waals surface area contributed by atoms with Crippen molar-refractivity contribution >= 4 is 0 Å². The Kier molecular flexibility index (Phi) is 13.7. The Labute approximate surface area is 201 Å². The Morgan fingerprint density at radius 2 is 1.12 bits per heavy atom. The molecule has 10 atom stereocenters. The molecule has 2 aliphatic rings. The summed E-state index contributed by atoms with van der Waals surface area (Å²) < 4.78 is 22.0. The summed E-state index contributed by atoms with van der Waals surface area (Å²) in [5.74, 6) is 0. The molecule has 0 amide bonds. The molecule has 0 saturated carbocycles. The lowest BCUT2D eigenvalue weighted by molar-refractivity contribution is -0.359. The molecule has 11 heteroatoms. The minimum Gasteiger partial charge on any atom is -0.394 e. The van der Waals surface area contributed by atoms with Crippen molar-refractivity contribution in [2.75, 3.05) is 19.8 Å². The van der Waals surface area contributed by atoms with E-state index in [1.807, 2.05) is 0 Å². The second-order valence-electron chi connectivity index (χ2n) is 9.20. The highest BCUT2D eigenvalue weighted by atomic mass is 16.7. The van der Waals surface area contributed by atoms with Gasteiger partial charge in [0.05, 0.1) is 13.2 Å². The fourth-order valence-electron chi connectivity index (χ4n) is 4.31. The molecular weight excluding hydrogens is 452 g/mol. The molecule has 2 rings (SSSR count). The van der Waals surface area contributed by atoms with E-state index < -0.39 is 74.6 Å². The third-order valence-corrected chi connectivity index (χ3v) is 6.49. The number of aliphatic hydroxyl groups is 7. The van der Waals surface area contributed by atoms with E-state index in [-0.39, 0.29) is 0 Å². The summed E-state index contributed by atoms with van der Waals surface area (Å²) in [5, 5.41) is 70.0. The van der Waals surface area contributed by atoms with Gasteiger partial charge in [-0.3, -0.25) is 0 Å². The van der Waals surface area contributed by atoms with Gasteiger partial charge in [0, 0.05) is 6.61 Å². The molecule has 6 unspecified atom stereocenters. The molecule has 0 spiro atoms. The quantitative estimate of drug-likeness (QED) is 0.141. The molecule has 0 aromatic rings. The fraction of sp³-hybridized carbons (Fsp3) is 1.00. The van der Waals surface area contributed by atoms with Crippen molar-refractivity contribution in [3.05, 3.63) is 0 Å². The molecule has 0 radical (unpaired) electrons. The third-order valence-electron chi connectivity index (χ3n) is 6.49. The van der Waals surface area contributed by atoms with Gasteiger partial charge in [0.15, 0.2) is 12.6 Å². The minimum absolute atomic E-state index is 0.320. The first-order valence-electron chi connectivity index (χ1n) is 12.6. The number of ether oxygens (including phenoxy) is 4. The van der Waals surface area contributed by atoms with Crippen LogP contribution >= 0.6 is 0 Å². The van der Waals surface area contributed by atoms with Gasteiger partial charge >= 0.3 is 0 Å². The van der Waals surface area contributed by atoms with Crippen molar-refractivity contribution < 1.29 is 54.7 Å². The van der Waals surface area contributed by atoms with E-state index in [0.717, 1.165) is 19.3 Å². The second kappa shape index (κ2) is 15.6. The van der Waals surface area contributed by atoms with Crippen molar-refractivity contribution in [3.63, 3.8) is 0 Å². The first-order chi connectivity index (χ1) is 16.3. The summed E-state index contributed by atoms with van der Waals surface area (Å²) in [4.78, 5) is 0. The summed E-state index contributed by atoms with van der Waals surface area (Å²) in [6.45, 7) is 1.29. The van der Waals surface area contributed by atoms with Crippen LogP contribution in [0.1, 0.15) is 64.7 Å². The van der Waals surface area contributed by atoms with Crippen molar-refractivity contribution in [1.82, 2.24) is 0 Å². The number of aliphatic hydroxyl groups excluding tert-OH is 7. The van der Waals surface area contributed by atoms with Crippen LogP contribution in [0.25, 0.3) is 0 Å². The first-order valence-corrected chi connectivity index (χ1v) is 12.6. The monoisotopic (exact) mass is 496 g/mol. The second-order valence-corrected chi connectivity index (χ2v) is 9.20. The number of rotatable bonds is 15. The molecule has 2 heterocycles. The lowest BCUT2D eigenvalue weighted by Gasteiger charge is -2.45. The van der Waals surface area contributed by atoms with Crippen LogP contribution in [0.3, 0.4) is 0 Å². The molecule has 2 fully saturated rings. The molecule has 2 aliphatic heterocycles. The smallest absolute Gasteiger partial charge is 0.187 e. The Balaban J connectivity index is 1.78. The van der Waals surface area contributed by atoms with Crippen LogP contribution in [0.2, 0.25) is 0 Å². The molecule has 0 aromatic heterocycles. The molecule has 0 aromatic carbocycles. The molecule has 7 N–H and O–H groups in total. The van der Waals surface area contributed by atoms with Crippen molar-refractivity contribution in [1.29, 1.82) is 0 Å². The van der Waals surface area contributed by atoms with Gasteiger partial charge in [0.2, 0.25) is 0 Å². The maximum absolute atomic E-state index is 10.6. The highest BCUT2D eigenvalue weighted by molar-refractivity contribution is 4.94. The Hall–Kier alpha value is -0.440. The Morgan fingerprint density at radius 1 is 0.588 bits per heavy atom. The SMILES string of the molecule is CCCCCCCCCCCO[C@@H]1OC(CO)[C@H](O[C@@H]2OC(CO)[C@@H](O)C(O)C2O)C(O)C1O. The zero-order valence-corrected chi connectivity index (χ0v) is 20.0. The summed E-state index contributed by atoms with van der Waals surface area (Å²) in [7, 11) is 0. The first kappa shape index (κ1) is 29.8. The Bertz CT molecular complexity index is 535. The zero-order valence-electron chi connectivity index (χ0n) is 20.0. The molecule has 0 aliphatic carbocycles. The van der Waals surface area contributed by atoms with Gasteiger partial charge in [-0.25, -0.2) is 0 Å². The average Bonchev–Trinajstić information content (AvgIpc) is 2.84. The third kappa shape index (κ3) is 8.31. The van der Waals surface area contributed by atoms with Crippen LogP contribution in [0.4, 0.5) is 0 Å². The number of unbranched alkanes of at least 4 members (excludes halogenated alkanes) is 8. The number of hydrogen-bond acceptors (Lipinski definition) is 11. The standard InChI is InChI=1S/C23H44O11/c1-2-3-4-5-6-7-8-9-10-11-31-22-20(30)18(28)21(15(13-25)33-22)34-23-19(29)17(27)16(26)14(12-24)32-23/h14-30H,2-13H2,1H3/t14?,15?,16-,17?,18?,19?,20?,21+,22-,23+/m1/s1. The van der Waals surface area contributed by atoms with Gasteiger partial charge in [-0.1, -0.05) is 58.3 Å². The van der Waals surface area contributed by atoms with Gasteiger partial charge in [-0.05, 0) is 6.42 Å². The maximum Gasteiger partial charge on any atom is 0.187 e. The highest BCUT2D eigenvalue weighted by Gasteiger charge is 2.50. The van der Waals surface area contributed by atoms with Gasteiger partial charge in [-0.2, -0.15) is 0 Å². The molecule has 202 valence electrons.